The number of hydrogen-bond acceptors (Lipinski definition) is 5. The van der Waals surface area contributed by atoms with Gasteiger partial charge in [-0.15, -0.1) is 0 Å². The van der Waals surface area contributed by atoms with Crippen molar-refractivity contribution in [1.29, 1.82) is 0 Å². The minimum atomic E-state index is -3.74. The molecule has 10 heteroatoms. The third-order valence-electron chi connectivity index (χ3n) is 2.58. The van der Waals surface area contributed by atoms with Crippen LogP contribution in [0.2, 0.25) is 10.4 Å². The Morgan fingerprint density at radius 1 is 1.26 bits per heavy atom. The molecule has 0 spiro atoms. The Labute approximate surface area is 120 Å². The highest BCUT2D eigenvalue weighted by Gasteiger charge is 2.25. The Morgan fingerprint density at radius 3 is 2.47 bits per heavy atom. The molecule has 2 aromatic heterocycles. The first-order chi connectivity index (χ1) is 8.91. The lowest BCUT2D eigenvalue weighted by Gasteiger charge is -2.18. The molecule has 0 bridgehead atoms. The van der Waals surface area contributed by atoms with Gasteiger partial charge in [0, 0.05) is 13.1 Å². The van der Waals surface area contributed by atoms with Crippen LogP contribution in [0.5, 0.6) is 0 Å². The topological polar surface area (TPSA) is 81.0 Å². The van der Waals surface area contributed by atoms with Gasteiger partial charge >= 0.3 is 10.2 Å². The van der Waals surface area contributed by atoms with Gasteiger partial charge in [-0.2, -0.15) is 21.7 Å². The Kier molecular flexibility index (Phi) is 3.95. The third-order valence-corrected chi connectivity index (χ3v) is 4.94. The summed E-state index contributed by atoms with van der Waals surface area (Å²) >= 11 is 11.5. The smallest absolute Gasteiger partial charge is 0.230 e. The monoisotopic (exact) mass is 323 g/mol. The van der Waals surface area contributed by atoms with Crippen molar-refractivity contribution in [3.05, 3.63) is 16.8 Å². The molecule has 0 atom stereocenters. The van der Waals surface area contributed by atoms with Crippen LogP contribution in [0.3, 0.4) is 0 Å². The van der Waals surface area contributed by atoms with Crippen LogP contribution in [0.4, 0.5) is 0 Å². The molecular weight excluding hydrogens is 313 g/mol. The van der Waals surface area contributed by atoms with E-state index in [9.17, 15) is 8.42 Å². The van der Waals surface area contributed by atoms with Gasteiger partial charge in [0.05, 0.1) is 0 Å². The van der Waals surface area contributed by atoms with Crippen LogP contribution >= 0.6 is 23.2 Å². The number of fused-ring (bicyclic) bond motifs is 1. The predicted molar refractivity (Wildman–Crippen MR) is 72.6 cm³/mol. The van der Waals surface area contributed by atoms with E-state index in [1.807, 2.05) is 0 Å². The fourth-order valence-corrected chi connectivity index (χ4v) is 3.50. The van der Waals surface area contributed by atoms with E-state index in [1.54, 1.807) is 13.8 Å². The van der Waals surface area contributed by atoms with E-state index in [-0.39, 0.29) is 21.6 Å². The molecule has 2 heterocycles. The quantitative estimate of drug-likeness (QED) is 0.630. The number of nitrogens with zero attached hydrogens (tertiary/aromatic N) is 5. The highest BCUT2D eigenvalue weighted by Crippen LogP contribution is 2.22. The highest BCUT2D eigenvalue weighted by molar-refractivity contribution is 7.87. The first-order valence-electron chi connectivity index (χ1n) is 5.48. The van der Waals surface area contributed by atoms with Crippen molar-refractivity contribution in [3.63, 3.8) is 0 Å². The largest absolute Gasteiger partial charge is 0.310 e. The zero-order chi connectivity index (χ0) is 14.2. The Bertz CT molecular complexity index is 711. The van der Waals surface area contributed by atoms with Gasteiger partial charge < -0.3 is 0 Å². The van der Waals surface area contributed by atoms with Crippen LogP contribution in [0.1, 0.15) is 13.8 Å². The van der Waals surface area contributed by atoms with E-state index < -0.39 is 10.2 Å². The Morgan fingerprint density at radius 2 is 1.89 bits per heavy atom. The summed E-state index contributed by atoms with van der Waals surface area (Å²) in [5.74, 6) is 0. The summed E-state index contributed by atoms with van der Waals surface area (Å²) in [7, 11) is -3.74. The summed E-state index contributed by atoms with van der Waals surface area (Å²) in [6, 6.07) is 0. The average Bonchev–Trinajstić information content (AvgIpc) is 2.74. The second-order valence-electron chi connectivity index (χ2n) is 3.59. The maximum atomic E-state index is 12.4. The normalized spacial score (nSPS) is 12.5. The molecular formula is C9H11Cl2N5O2S. The first-order valence-corrected chi connectivity index (χ1v) is 7.63. The van der Waals surface area contributed by atoms with Gasteiger partial charge in [-0.1, -0.05) is 25.4 Å². The number of halogens is 2. The molecule has 0 aliphatic carbocycles. The predicted octanol–water partition coefficient (Wildman–Crippen LogP) is 1.57. The van der Waals surface area contributed by atoms with Crippen molar-refractivity contribution in [1.82, 2.24) is 23.2 Å². The molecule has 104 valence electrons. The Hall–Kier alpha value is -0.960. The van der Waals surface area contributed by atoms with Crippen molar-refractivity contribution in [3.8, 4) is 0 Å². The van der Waals surface area contributed by atoms with E-state index in [0.29, 0.717) is 13.1 Å². The zero-order valence-corrected chi connectivity index (χ0v) is 12.5. The van der Waals surface area contributed by atoms with Gasteiger partial charge in [0.25, 0.3) is 0 Å². The number of aromatic nitrogens is 4. The van der Waals surface area contributed by atoms with Gasteiger partial charge in [-0.05, 0) is 11.6 Å². The number of imidazole rings is 1. The molecule has 2 aromatic rings. The minimum Gasteiger partial charge on any atom is -0.230 e. The fraction of sp³-hybridized carbons (Fsp3) is 0.444. The third kappa shape index (κ3) is 2.40. The van der Waals surface area contributed by atoms with E-state index in [1.165, 1.54) is 4.31 Å². The van der Waals surface area contributed by atoms with Gasteiger partial charge in [0.2, 0.25) is 5.28 Å². The van der Waals surface area contributed by atoms with Crippen LogP contribution in [-0.2, 0) is 10.2 Å². The summed E-state index contributed by atoms with van der Waals surface area (Å²) in [6.45, 7) is 4.17. The van der Waals surface area contributed by atoms with Crippen LogP contribution in [-0.4, -0.2) is 44.7 Å². The van der Waals surface area contributed by atoms with Gasteiger partial charge in [0.1, 0.15) is 11.8 Å². The molecule has 0 saturated heterocycles. The van der Waals surface area contributed by atoms with Crippen molar-refractivity contribution in [2.75, 3.05) is 13.1 Å². The Balaban J connectivity index is 2.70. The summed E-state index contributed by atoms with van der Waals surface area (Å²) in [6.07, 6.45) is 1.15. The van der Waals surface area contributed by atoms with Crippen molar-refractivity contribution < 1.29 is 8.42 Å². The second kappa shape index (κ2) is 5.20. The summed E-state index contributed by atoms with van der Waals surface area (Å²) < 4.78 is 27.0. The first kappa shape index (κ1) is 14.4. The van der Waals surface area contributed by atoms with Crippen LogP contribution in [0.25, 0.3) is 11.2 Å². The van der Waals surface area contributed by atoms with E-state index in [0.717, 1.165) is 10.3 Å². The molecule has 0 N–H and O–H groups in total. The van der Waals surface area contributed by atoms with Crippen LogP contribution in [0.15, 0.2) is 6.33 Å². The zero-order valence-electron chi connectivity index (χ0n) is 10.2. The average molecular weight is 324 g/mol. The van der Waals surface area contributed by atoms with Crippen molar-refractivity contribution >= 4 is 44.6 Å². The van der Waals surface area contributed by atoms with Crippen LogP contribution < -0.4 is 0 Å². The molecule has 0 unspecified atom stereocenters. The lowest BCUT2D eigenvalue weighted by Crippen LogP contribution is -2.35. The van der Waals surface area contributed by atoms with Gasteiger partial charge in [-0.25, -0.2) is 9.97 Å². The van der Waals surface area contributed by atoms with E-state index in [2.05, 4.69) is 15.0 Å². The van der Waals surface area contributed by atoms with Crippen LogP contribution in [0, 0.1) is 0 Å². The molecule has 2 rings (SSSR count). The van der Waals surface area contributed by atoms with Crippen molar-refractivity contribution in [2.24, 2.45) is 0 Å². The molecule has 0 radical (unpaired) electrons. The van der Waals surface area contributed by atoms with Crippen molar-refractivity contribution in [2.45, 2.75) is 13.8 Å². The molecule has 0 aliphatic heterocycles. The second-order valence-corrected chi connectivity index (χ2v) is 6.09. The number of rotatable bonds is 4. The van der Waals surface area contributed by atoms with E-state index in [4.69, 9.17) is 23.2 Å². The molecule has 7 nitrogen and oxygen atoms in total. The SMILES string of the molecule is CCN(CC)S(=O)(=O)n1cnc2c(Cl)nc(Cl)nc21. The molecule has 0 saturated carbocycles. The summed E-state index contributed by atoms with van der Waals surface area (Å²) in [5, 5.41) is -0.113. The number of hydrogen-bond donors (Lipinski definition) is 0. The maximum absolute atomic E-state index is 12.4. The fourth-order valence-electron chi connectivity index (χ4n) is 1.66. The van der Waals surface area contributed by atoms with E-state index >= 15 is 0 Å². The lowest BCUT2D eigenvalue weighted by molar-refractivity contribution is 0.439. The van der Waals surface area contributed by atoms with Gasteiger partial charge in [0.15, 0.2) is 10.8 Å². The standard InChI is InChI=1S/C9H11Cl2N5O2S/c1-3-15(4-2)19(17,18)16-5-12-6-7(10)13-9(11)14-8(6)16/h5H,3-4H2,1-2H3. The molecule has 0 fully saturated rings. The maximum Gasteiger partial charge on any atom is 0.310 e. The molecule has 0 amide bonds. The molecule has 0 aliphatic rings. The van der Waals surface area contributed by atoms with Gasteiger partial charge in [-0.3, -0.25) is 0 Å². The highest BCUT2D eigenvalue weighted by atomic mass is 35.5. The molecule has 0 aromatic carbocycles. The summed E-state index contributed by atoms with van der Waals surface area (Å²) in [5.41, 5.74) is 0.263. The minimum absolute atomic E-state index is 0.0171. The summed E-state index contributed by atoms with van der Waals surface area (Å²) in [4.78, 5) is 11.5. The lowest BCUT2D eigenvalue weighted by atomic mass is 10.6. The molecule has 19 heavy (non-hydrogen) atoms.